The normalized spacial score (nSPS) is 18.3. The Balaban J connectivity index is 2.14. The second-order valence-electron chi connectivity index (χ2n) is 4.55. The second kappa shape index (κ2) is 5.06. The van der Waals surface area contributed by atoms with Crippen molar-refractivity contribution in [2.24, 2.45) is 0 Å². The van der Waals surface area contributed by atoms with Crippen molar-refractivity contribution in [1.82, 2.24) is 14.9 Å². The summed E-state index contributed by atoms with van der Waals surface area (Å²) >= 11 is 5.91. The summed E-state index contributed by atoms with van der Waals surface area (Å²) in [6.45, 7) is 2.21. The third-order valence-electron chi connectivity index (χ3n) is 3.38. The number of nitrogens with zero attached hydrogens (tertiary/aromatic N) is 4. The van der Waals surface area contributed by atoms with Gasteiger partial charge in [0.15, 0.2) is 11.0 Å². The molecule has 1 aromatic rings. The van der Waals surface area contributed by atoms with Gasteiger partial charge in [0, 0.05) is 13.1 Å². The number of aromatic nitrogens is 2. The lowest BCUT2D eigenvalue weighted by atomic mass is 10.0. The summed E-state index contributed by atoms with van der Waals surface area (Å²) < 4.78 is 0. The van der Waals surface area contributed by atoms with Gasteiger partial charge in [0.2, 0.25) is 0 Å². The van der Waals surface area contributed by atoms with E-state index in [1.54, 1.807) is 0 Å². The standard InChI is InChI=1S/C11H18ClN5/c1-16-5-3-8(4-6-16)17(2)11-9(13)10(12)14-7-15-11/h7-8H,3-6,13H2,1-2H3. The summed E-state index contributed by atoms with van der Waals surface area (Å²) in [6, 6.07) is 0.472. The van der Waals surface area contributed by atoms with Gasteiger partial charge in [0.25, 0.3) is 0 Å². The summed E-state index contributed by atoms with van der Waals surface area (Å²) in [5, 5.41) is 0.328. The zero-order valence-corrected chi connectivity index (χ0v) is 11.0. The van der Waals surface area contributed by atoms with Crippen molar-refractivity contribution in [1.29, 1.82) is 0 Å². The number of anilines is 2. The first-order valence-corrected chi connectivity index (χ1v) is 6.14. The monoisotopic (exact) mass is 255 g/mol. The Bertz CT molecular complexity index is 389. The van der Waals surface area contributed by atoms with E-state index in [1.165, 1.54) is 6.33 Å². The number of halogens is 1. The minimum absolute atomic E-state index is 0.328. The third-order valence-corrected chi connectivity index (χ3v) is 3.69. The molecule has 0 atom stereocenters. The van der Waals surface area contributed by atoms with Crippen LogP contribution in [0.25, 0.3) is 0 Å². The topological polar surface area (TPSA) is 58.3 Å². The SMILES string of the molecule is CN1CCC(N(C)c2ncnc(Cl)c2N)CC1. The van der Waals surface area contributed by atoms with E-state index >= 15 is 0 Å². The van der Waals surface area contributed by atoms with E-state index in [0.717, 1.165) is 31.7 Å². The van der Waals surface area contributed by atoms with Gasteiger partial charge in [-0.05, 0) is 33.0 Å². The molecule has 2 rings (SSSR count). The zero-order valence-electron chi connectivity index (χ0n) is 10.2. The van der Waals surface area contributed by atoms with Crippen LogP contribution in [0, 0.1) is 0 Å². The number of nitrogens with two attached hydrogens (primary N) is 1. The summed E-state index contributed by atoms with van der Waals surface area (Å²) in [5.74, 6) is 0.736. The summed E-state index contributed by atoms with van der Waals surface area (Å²) in [6.07, 6.45) is 3.70. The van der Waals surface area contributed by atoms with Crippen molar-refractivity contribution < 1.29 is 0 Å². The Kier molecular flexibility index (Phi) is 3.69. The van der Waals surface area contributed by atoms with Crippen molar-refractivity contribution in [3.05, 3.63) is 11.5 Å². The average molecular weight is 256 g/mol. The van der Waals surface area contributed by atoms with Gasteiger partial charge in [-0.3, -0.25) is 0 Å². The van der Waals surface area contributed by atoms with Crippen LogP contribution >= 0.6 is 11.6 Å². The molecule has 94 valence electrons. The molecule has 1 aromatic heterocycles. The van der Waals surface area contributed by atoms with E-state index < -0.39 is 0 Å². The molecule has 0 saturated carbocycles. The number of nitrogen functional groups attached to an aromatic ring is 1. The molecule has 1 aliphatic heterocycles. The lowest BCUT2D eigenvalue weighted by Gasteiger charge is -2.36. The van der Waals surface area contributed by atoms with E-state index in [9.17, 15) is 0 Å². The van der Waals surface area contributed by atoms with Gasteiger partial charge in [0.05, 0.1) is 0 Å². The smallest absolute Gasteiger partial charge is 0.157 e. The number of hydrogen-bond acceptors (Lipinski definition) is 5. The van der Waals surface area contributed by atoms with Gasteiger partial charge in [0.1, 0.15) is 12.0 Å². The fourth-order valence-corrected chi connectivity index (χ4v) is 2.33. The van der Waals surface area contributed by atoms with E-state index in [0.29, 0.717) is 16.9 Å². The molecule has 0 spiro atoms. The highest BCUT2D eigenvalue weighted by Gasteiger charge is 2.23. The van der Waals surface area contributed by atoms with E-state index in [4.69, 9.17) is 17.3 Å². The van der Waals surface area contributed by atoms with Gasteiger partial charge in [-0.2, -0.15) is 0 Å². The van der Waals surface area contributed by atoms with Crippen molar-refractivity contribution in [3.63, 3.8) is 0 Å². The highest BCUT2D eigenvalue weighted by Crippen LogP contribution is 2.28. The Labute approximate surface area is 107 Å². The number of hydrogen-bond donors (Lipinski definition) is 1. The largest absolute Gasteiger partial charge is 0.393 e. The highest BCUT2D eigenvalue weighted by atomic mass is 35.5. The van der Waals surface area contributed by atoms with E-state index in [-0.39, 0.29) is 0 Å². The predicted molar refractivity (Wildman–Crippen MR) is 70.4 cm³/mol. The quantitative estimate of drug-likeness (QED) is 0.806. The van der Waals surface area contributed by atoms with E-state index in [1.807, 2.05) is 7.05 Å². The lowest BCUT2D eigenvalue weighted by Crippen LogP contribution is -2.42. The van der Waals surface area contributed by atoms with Crippen LogP contribution in [-0.4, -0.2) is 48.1 Å². The van der Waals surface area contributed by atoms with Crippen LogP contribution < -0.4 is 10.6 Å². The molecule has 0 unspecified atom stereocenters. The maximum absolute atomic E-state index is 5.91. The maximum atomic E-state index is 5.91. The predicted octanol–water partition coefficient (Wildman–Crippen LogP) is 1.24. The fraction of sp³-hybridized carbons (Fsp3) is 0.636. The first-order valence-electron chi connectivity index (χ1n) is 5.77. The highest BCUT2D eigenvalue weighted by molar-refractivity contribution is 6.32. The minimum Gasteiger partial charge on any atom is -0.393 e. The van der Waals surface area contributed by atoms with Crippen LogP contribution in [0.5, 0.6) is 0 Å². The van der Waals surface area contributed by atoms with Gasteiger partial charge in [-0.1, -0.05) is 11.6 Å². The molecule has 0 aliphatic carbocycles. The minimum atomic E-state index is 0.328. The molecule has 1 aliphatic rings. The molecule has 6 heteroatoms. The van der Waals surface area contributed by atoms with Crippen LogP contribution in [0.15, 0.2) is 6.33 Å². The van der Waals surface area contributed by atoms with Crippen LogP contribution in [0.1, 0.15) is 12.8 Å². The zero-order chi connectivity index (χ0) is 12.4. The maximum Gasteiger partial charge on any atom is 0.157 e. The Morgan fingerprint density at radius 3 is 2.71 bits per heavy atom. The van der Waals surface area contributed by atoms with E-state index in [2.05, 4.69) is 26.8 Å². The molecule has 2 N–H and O–H groups in total. The average Bonchev–Trinajstić information content (AvgIpc) is 2.33. The summed E-state index contributed by atoms with van der Waals surface area (Å²) in [4.78, 5) is 12.6. The molecule has 2 heterocycles. The molecular formula is C11H18ClN5. The molecule has 1 fully saturated rings. The molecule has 17 heavy (non-hydrogen) atoms. The van der Waals surface area contributed by atoms with Crippen molar-refractivity contribution in [3.8, 4) is 0 Å². The summed E-state index contributed by atoms with van der Waals surface area (Å²) in [7, 11) is 4.16. The molecule has 0 radical (unpaired) electrons. The van der Waals surface area contributed by atoms with Crippen LogP contribution in [0.4, 0.5) is 11.5 Å². The second-order valence-corrected chi connectivity index (χ2v) is 4.91. The Hall–Kier alpha value is -1.07. The first-order chi connectivity index (χ1) is 8.09. The van der Waals surface area contributed by atoms with Gasteiger partial charge < -0.3 is 15.5 Å². The van der Waals surface area contributed by atoms with Crippen LogP contribution in [0.2, 0.25) is 5.15 Å². The van der Waals surface area contributed by atoms with Crippen molar-refractivity contribution in [2.45, 2.75) is 18.9 Å². The molecule has 0 bridgehead atoms. The third kappa shape index (κ3) is 2.61. The molecular weight excluding hydrogens is 238 g/mol. The molecule has 0 aromatic carbocycles. The van der Waals surface area contributed by atoms with Gasteiger partial charge in [-0.15, -0.1) is 0 Å². The molecule has 0 amide bonds. The van der Waals surface area contributed by atoms with Gasteiger partial charge in [-0.25, -0.2) is 9.97 Å². The summed E-state index contributed by atoms with van der Waals surface area (Å²) in [5.41, 5.74) is 6.38. The number of rotatable bonds is 2. The number of piperidine rings is 1. The van der Waals surface area contributed by atoms with Crippen LogP contribution in [-0.2, 0) is 0 Å². The van der Waals surface area contributed by atoms with Crippen molar-refractivity contribution in [2.75, 3.05) is 37.8 Å². The van der Waals surface area contributed by atoms with Gasteiger partial charge >= 0.3 is 0 Å². The molecule has 1 saturated heterocycles. The number of likely N-dealkylation sites (tertiary alicyclic amines) is 1. The first kappa shape index (κ1) is 12.4. The molecule has 5 nitrogen and oxygen atoms in total. The van der Waals surface area contributed by atoms with Crippen LogP contribution in [0.3, 0.4) is 0 Å². The lowest BCUT2D eigenvalue weighted by molar-refractivity contribution is 0.252. The Morgan fingerprint density at radius 1 is 1.41 bits per heavy atom. The fourth-order valence-electron chi connectivity index (χ4n) is 2.20. The Morgan fingerprint density at radius 2 is 2.06 bits per heavy atom. The van der Waals surface area contributed by atoms with Crippen molar-refractivity contribution >= 4 is 23.1 Å².